The Labute approximate surface area is 142 Å². The molecule has 0 N–H and O–H groups in total. The summed E-state index contributed by atoms with van der Waals surface area (Å²) in [5.41, 5.74) is 2.10. The Bertz CT molecular complexity index is 670. The molecule has 0 aliphatic carbocycles. The van der Waals surface area contributed by atoms with Crippen LogP contribution in [0.2, 0.25) is 0 Å². The fourth-order valence-electron chi connectivity index (χ4n) is 2.60. The topological polar surface area (TPSA) is 38.8 Å². The van der Waals surface area contributed by atoms with Gasteiger partial charge in [0, 0.05) is 6.54 Å². The van der Waals surface area contributed by atoms with E-state index < -0.39 is 0 Å². The van der Waals surface area contributed by atoms with Crippen molar-refractivity contribution in [2.24, 2.45) is 0 Å². The molecule has 124 valence electrons. The Hall–Kier alpha value is -2.59. The predicted molar refractivity (Wildman–Crippen MR) is 92.4 cm³/mol. The average Bonchev–Trinajstić information content (AvgIpc) is 3.10. The van der Waals surface area contributed by atoms with E-state index in [9.17, 15) is 4.79 Å². The summed E-state index contributed by atoms with van der Waals surface area (Å²) >= 11 is 0. The van der Waals surface area contributed by atoms with Crippen LogP contribution in [0.4, 0.5) is 4.79 Å². The van der Waals surface area contributed by atoms with Gasteiger partial charge in [0.25, 0.3) is 0 Å². The van der Waals surface area contributed by atoms with Crippen molar-refractivity contribution in [1.29, 1.82) is 0 Å². The number of benzene rings is 2. The lowest BCUT2D eigenvalue weighted by Crippen LogP contribution is -2.39. The van der Waals surface area contributed by atoms with Crippen LogP contribution in [0.5, 0.6) is 0 Å². The van der Waals surface area contributed by atoms with Gasteiger partial charge in [-0.05, 0) is 11.1 Å². The first-order chi connectivity index (χ1) is 11.8. The molecule has 4 nitrogen and oxygen atoms in total. The second-order valence-corrected chi connectivity index (χ2v) is 5.69. The Balaban J connectivity index is 1.45. The summed E-state index contributed by atoms with van der Waals surface area (Å²) < 4.78 is 11.1. The number of ether oxygens (including phenoxy) is 2. The summed E-state index contributed by atoms with van der Waals surface area (Å²) in [4.78, 5) is 14.0. The summed E-state index contributed by atoms with van der Waals surface area (Å²) in [6, 6.07) is 19.6. The van der Waals surface area contributed by atoms with Gasteiger partial charge in [-0.1, -0.05) is 72.8 Å². The van der Waals surface area contributed by atoms with E-state index in [0.29, 0.717) is 19.8 Å². The molecular formula is C20H21NO3. The van der Waals surface area contributed by atoms with Crippen LogP contribution in [0.25, 0.3) is 0 Å². The Morgan fingerprint density at radius 1 is 0.958 bits per heavy atom. The highest BCUT2D eigenvalue weighted by molar-refractivity contribution is 5.69. The van der Waals surface area contributed by atoms with Gasteiger partial charge in [-0.3, -0.25) is 4.90 Å². The lowest BCUT2D eigenvalue weighted by molar-refractivity contribution is 0.0562. The molecule has 0 fully saturated rings. The third-order valence-corrected chi connectivity index (χ3v) is 3.90. The molecule has 0 saturated heterocycles. The van der Waals surface area contributed by atoms with E-state index in [2.05, 4.69) is 0 Å². The molecule has 0 unspecified atom stereocenters. The fourth-order valence-corrected chi connectivity index (χ4v) is 2.60. The van der Waals surface area contributed by atoms with Gasteiger partial charge < -0.3 is 9.47 Å². The van der Waals surface area contributed by atoms with Crippen LogP contribution in [0.15, 0.2) is 72.8 Å². The first kappa shape index (κ1) is 16.3. The maximum Gasteiger partial charge on any atom is 0.410 e. The lowest BCUT2D eigenvalue weighted by Gasteiger charge is -2.23. The molecule has 2 aromatic carbocycles. The molecule has 4 heteroatoms. The molecule has 3 rings (SSSR count). The molecule has 24 heavy (non-hydrogen) atoms. The van der Waals surface area contributed by atoms with Crippen LogP contribution in [-0.4, -0.2) is 30.2 Å². The van der Waals surface area contributed by atoms with Crippen molar-refractivity contribution in [3.05, 3.63) is 83.9 Å². The van der Waals surface area contributed by atoms with Gasteiger partial charge in [0.2, 0.25) is 0 Å². The number of carbonyl (C=O) groups is 1. The normalized spacial score (nSPS) is 16.3. The molecule has 0 aromatic heterocycles. The van der Waals surface area contributed by atoms with Crippen LogP contribution in [0, 0.1) is 0 Å². The zero-order valence-electron chi connectivity index (χ0n) is 13.5. The number of nitrogens with zero attached hydrogens (tertiary/aromatic N) is 1. The second-order valence-electron chi connectivity index (χ2n) is 5.69. The largest absolute Gasteiger partial charge is 0.445 e. The van der Waals surface area contributed by atoms with Crippen LogP contribution in [-0.2, 0) is 22.7 Å². The summed E-state index contributed by atoms with van der Waals surface area (Å²) in [5.74, 6) is 0. The van der Waals surface area contributed by atoms with Gasteiger partial charge in [0.15, 0.2) is 0 Å². The highest BCUT2D eigenvalue weighted by atomic mass is 16.6. The summed E-state index contributed by atoms with van der Waals surface area (Å²) in [5, 5.41) is 0. The first-order valence-corrected chi connectivity index (χ1v) is 8.08. The third kappa shape index (κ3) is 4.46. The minimum absolute atomic E-state index is 0.0722. The van der Waals surface area contributed by atoms with Gasteiger partial charge in [0.1, 0.15) is 6.61 Å². The Morgan fingerprint density at radius 2 is 1.58 bits per heavy atom. The average molecular weight is 323 g/mol. The number of amides is 1. The van der Waals surface area contributed by atoms with E-state index >= 15 is 0 Å². The molecular weight excluding hydrogens is 302 g/mol. The van der Waals surface area contributed by atoms with E-state index in [-0.39, 0.29) is 18.7 Å². The third-order valence-electron chi connectivity index (χ3n) is 3.90. The number of hydrogen-bond acceptors (Lipinski definition) is 3. The van der Waals surface area contributed by atoms with E-state index in [0.717, 1.165) is 11.1 Å². The lowest BCUT2D eigenvalue weighted by atomic mass is 10.2. The second kappa shape index (κ2) is 8.31. The number of hydrogen-bond donors (Lipinski definition) is 0. The Kier molecular flexibility index (Phi) is 5.64. The van der Waals surface area contributed by atoms with Gasteiger partial charge in [-0.25, -0.2) is 4.79 Å². The number of carbonyl (C=O) groups excluding carboxylic acids is 1. The highest BCUT2D eigenvalue weighted by Gasteiger charge is 2.26. The van der Waals surface area contributed by atoms with Crippen molar-refractivity contribution in [1.82, 2.24) is 4.90 Å². The van der Waals surface area contributed by atoms with Crippen LogP contribution < -0.4 is 0 Å². The fraction of sp³-hybridized carbons (Fsp3) is 0.250. The minimum atomic E-state index is -0.308. The van der Waals surface area contributed by atoms with Crippen LogP contribution >= 0.6 is 0 Å². The molecule has 1 amide bonds. The maximum atomic E-state index is 12.3. The predicted octanol–water partition coefficient (Wildman–Crippen LogP) is 3.78. The summed E-state index contributed by atoms with van der Waals surface area (Å²) in [6.07, 6.45) is 3.66. The highest BCUT2D eigenvalue weighted by Crippen LogP contribution is 2.14. The van der Waals surface area contributed by atoms with E-state index in [1.165, 1.54) is 0 Å². The maximum absolute atomic E-state index is 12.3. The zero-order valence-corrected chi connectivity index (χ0v) is 13.5. The molecule has 0 bridgehead atoms. The van der Waals surface area contributed by atoms with Crippen LogP contribution in [0.3, 0.4) is 0 Å². The van der Waals surface area contributed by atoms with E-state index in [1.807, 2.05) is 72.8 Å². The van der Waals surface area contributed by atoms with Gasteiger partial charge in [-0.2, -0.15) is 0 Å². The molecule has 1 heterocycles. The SMILES string of the molecule is O=C(OCc1ccccc1)N1CC=C[C@H]1COCc1ccccc1. The molecule has 1 aliphatic rings. The van der Waals surface area contributed by atoms with Crippen molar-refractivity contribution in [3.63, 3.8) is 0 Å². The van der Waals surface area contributed by atoms with Gasteiger partial charge >= 0.3 is 6.09 Å². The molecule has 1 aliphatic heterocycles. The molecule has 0 spiro atoms. The van der Waals surface area contributed by atoms with E-state index in [4.69, 9.17) is 9.47 Å². The summed E-state index contributed by atoms with van der Waals surface area (Å²) in [7, 11) is 0. The molecule has 1 atom stereocenters. The molecule has 2 aromatic rings. The van der Waals surface area contributed by atoms with E-state index in [1.54, 1.807) is 4.90 Å². The van der Waals surface area contributed by atoms with Gasteiger partial charge in [-0.15, -0.1) is 0 Å². The molecule has 0 radical (unpaired) electrons. The first-order valence-electron chi connectivity index (χ1n) is 8.08. The van der Waals surface area contributed by atoms with Crippen molar-refractivity contribution in [3.8, 4) is 0 Å². The Morgan fingerprint density at radius 3 is 2.25 bits per heavy atom. The van der Waals surface area contributed by atoms with Crippen molar-refractivity contribution in [2.45, 2.75) is 19.3 Å². The zero-order chi connectivity index (χ0) is 16.6. The van der Waals surface area contributed by atoms with Crippen molar-refractivity contribution < 1.29 is 14.3 Å². The monoisotopic (exact) mass is 323 g/mol. The summed E-state index contributed by atoms with van der Waals surface area (Å²) in [6.45, 7) is 1.85. The minimum Gasteiger partial charge on any atom is -0.445 e. The van der Waals surface area contributed by atoms with Crippen LogP contribution in [0.1, 0.15) is 11.1 Å². The molecule has 0 saturated carbocycles. The van der Waals surface area contributed by atoms with Gasteiger partial charge in [0.05, 0.1) is 19.3 Å². The van der Waals surface area contributed by atoms with Crippen molar-refractivity contribution in [2.75, 3.05) is 13.2 Å². The standard InChI is InChI=1S/C20H21NO3/c22-20(24-15-18-10-5-2-6-11-18)21-13-7-12-19(21)16-23-14-17-8-3-1-4-9-17/h1-12,19H,13-16H2/t19-/m0/s1. The van der Waals surface area contributed by atoms with Crippen molar-refractivity contribution >= 4 is 6.09 Å². The number of rotatable bonds is 6. The quantitative estimate of drug-likeness (QED) is 0.759. The smallest absolute Gasteiger partial charge is 0.410 e.